The van der Waals surface area contributed by atoms with Crippen molar-refractivity contribution in [2.45, 2.75) is 39.7 Å². The molecule has 0 radical (unpaired) electrons. The van der Waals surface area contributed by atoms with Crippen LogP contribution in [0.5, 0.6) is 0 Å². The maximum Gasteiger partial charge on any atom is 0.131 e. The lowest BCUT2D eigenvalue weighted by molar-refractivity contribution is 0.668. The highest BCUT2D eigenvalue weighted by Gasteiger charge is 2.07. The van der Waals surface area contributed by atoms with E-state index >= 15 is 0 Å². The summed E-state index contributed by atoms with van der Waals surface area (Å²) in [5.74, 6) is 1.33. The average Bonchev–Trinajstić information content (AvgIpc) is 2.17. The molecule has 0 aromatic carbocycles. The van der Waals surface area contributed by atoms with E-state index in [1.54, 1.807) is 0 Å². The molecule has 1 unspecified atom stereocenters. The Morgan fingerprint density at radius 3 is 2.77 bits per heavy atom. The van der Waals surface area contributed by atoms with Crippen LogP contribution in [0.2, 0.25) is 0 Å². The van der Waals surface area contributed by atoms with Crippen LogP contribution in [0.3, 0.4) is 0 Å². The van der Waals surface area contributed by atoms with Crippen LogP contribution < -0.4 is 5.73 Å². The van der Waals surface area contributed by atoms with Gasteiger partial charge in [0.15, 0.2) is 0 Å². The molecule has 0 amide bonds. The van der Waals surface area contributed by atoms with E-state index in [0.29, 0.717) is 12.5 Å². The lowest BCUT2D eigenvalue weighted by atomic mass is 10.1. The first-order valence-electron chi connectivity index (χ1n) is 4.71. The number of hydrogen-bond donors (Lipinski definition) is 1. The van der Waals surface area contributed by atoms with Crippen molar-refractivity contribution in [2.75, 3.05) is 0 Å². The van der Waals surface area contributed by atoms with Gasteiger partial charge in [0.05, 0.1) is 5.69 Å². The molecule has 13 heavy (non-hydrogen) atoms. The molecule has 1 rings (SSSR count). The van der Waals surface area contributed by atoms with Crippen LogP contribution in [0.25, 0.3) is 0 Å². The first kappa shape index (κ1) is 10.1. The Labute approximate surface area is 79.4 Å². The summed E-state index contributed by atoms with van der Waals surface area (Å²) in [5, 5.41) is 0. The lowest BCUT2D eigenvalue weighted by Crippen LogP contribution is -2.08. The summed E-state index contributed by atoms with van der Waals surface area (Å²) in [7, 11) is 0. The third-order valence-corrected chi connectivity index (χ3v) is 2.34. The van der Waals surface area contributed by atoms with Gasteiger partial charge in [-0.2, -0.15) is 0 Å². The van der Waals surface area contributed by atoms with Crippen molar-refractivity contribution < 1.29 is 0 Å². The van der Waals surface area contributed by atoms with Gasteiger partial charge in [0.1, 0.15) is 5.82 Å². The molecule has 1 aromatic rings. The largest absolute Gasteiger partial charge is 0.325 e. The third-order valence-electron chi connectivity index (χ3n) is 2.34. The zero-order valence-corrected chi connectivity index (χ0v) is 8.54. The van der Waals surface area contributed by atoms with Gasteiger partial charge in [0.2, 0.25) is 0 Å². The van der Waals surface area contributed by atoms with Gasteiger partial charge < -0.3 is 5.73 Å². The Kier molecular flexibility index (Phi) is 3.37. The number of nitrogens with zero attached hydrogens (tertiary/aromatic N) is 2. The molecule has 0 fully saturated rings. The maximum atomic E-state index is 5.57. The van der Waals surface area contributed by atoms with Gasteiger partial charge in [-0.25, -0.2) is 9.97 Å². The van der Waals surface area contributed by atoms with Crippen LogP contribution in [0.4, 0.5) is 0 Å². The van der Waals surface area contributed by atoms with Crippen LogP contribution in [-0.2, 0) is 6.54 Å². The van der Waals surface area contributed by atoms with E-state index in [1.807, 2.05) is 13.1 Å². The Morgan fingerprint density at radius 2 is 2.23 bits per heavy atom. The van der Waals surface area contributed by atoms with Crippen molar-refractivity contribution >= 4 is 0 Å². The molecule has 0 bridgehead atoms. The highest BCUT2D eigenvalue weighted by atomic mass is 14.9. The lowest BCUT2D eigenvalue weighted by Gasteiger charge is -2.09. The smallest absolute Gasteiger partial charge is 0.131 e. The molecule has 3 nitrogen and oxygen atoms in total. The summed E-state index contributed by atoms with van der Waals surface area (Å²) < 4.78 is 0. The van der Waals surface area contributed by atoms with E-state index < -0.39 is 0 Å². The van der Waals surface area contributed by atoms with Gasteiger partial charge >= 0.3 is 0 Å². The quantitative estimate of drug-likeness (QED) is 0.769. The predicted octanol–water partition coefficient (Wildman–Crippen LogP) is 1.76. The number of hydrogen-bond acceptors (Lipinski definition) is 3. The summed E-state index contributed by atoms with van der Waals surface area (Å²) in [6, 6.07) is 0. The van der Waals surface area contributed by atoms with E-state index in [0.717, 1.165) is 23.5 Å². The van der Waals surface area contributed by atoms with Crippen molar-refractivity contribution in [3.8, 4) is 0 Å². The molecule has 0 saturated heterocycles. The van der Waals surface area contributed by atoms with Crippen LogP contribution in [0.15, 0.2) is 6.20 Å². The van der Waals surface area contributed by atoms with Crippen molar-refractivity contribution in [2.24, 2.45) is 5.73 Å². The molecule has 1 aromatic heterocycles. The van der Waals surface area contributed by atoms with Crippen molar-refractivity contribution in [3.63, 3.8) is 0 Å². The van der Waals surface area contributed by atoms with Crippen LogP contribution in [-0.4, -0.2) is 9.97 Å². The van der Waals surface area contributed by atoms with Gasteiger partial charge in [-0.3, -0.25) is 0 Å². The van der Waals surface area contributed by atoms with Crippen molar-refractivity contribution in [1.82, 2.24) is 9.97 Å². The fourth-order valence-electron chi connectivity index (χ4n) is 1.12. The summed E-state index contributed by atoms with van der Waals surface area (Å²) in [6.07, 6.45) is 2.92. The van der Waals surface area contributed by atoms with Crippen molar-refractivity contribution in [1.29, 1.82) is 0 Å². The first-order valence-corrected chi connectivity index (χ1v) is 4.71. The number of aryl methyl sites for hydroxylation is 1. The first-order chi connectivity index (χ1) is 6.19. The van der Waals surface area contributed by atoms with E-state index in [9.17, 15) is 0 Å². The minimum absolute atomic E-state index is 0.422. The minimum Gasteiger partial charge on any atom is -0.325 e. The highest BCUT2D eigenvalue weighted by molar-refractivity contribution is 5.16. The molecule has 1 heterocycles. The summed E-state index contributed by atoms with van der Waals surface area (Å²) >= 11 is 0. The second kappa shape index (κ2) is 4.33. The molecule has 1 atom stereocenters. The van der Waals surface area contributed by atoms with Gasteiger partial charge in [-0.15, -0.1) is 0 Å². The Morgan fingerprint density at radius 1 is 1.54 bits per heavy atom. The van der Waals surface area contributed by atoms with Crippen LogP contribution >= 0.6 is 0 Å². The molecule has 0 spiro atoms. The van der Waals surface area contributed by atoms with Gasteiger partial charge in [0.25, 0.3) is 0 Å². The number of aromatic nitrogens is 2. The zero-order chi connectivity index (χ0) is 9.84. The summed E-state index contributed by atoms with van der Waals surface area (Å²) in [4.78, 5) is 8.72. The molecular formula is C10H17N3. The SMILES string of the molecule is CCC(C)c1ncc(C)c(CN)n1. The Hall–Kier alpha value is -0.960. The monoisotopic (exact) mass is 179 g/mol. The fraction of sp³-hybridized carbons (Fsp3) is 0.600. The molecule has 0 saturated carbocycles. The topological polar surface area (TPSA) is 51.8 Å². The Balaban J connectivity index is 2.99. The minimum atomic E-state index is 0.422. The number of nitrogens with two attached hydrogens (primary N) is 1. The average molecular weight is 179 g/mol. The van der Waals surface area contributed by atoms with Crippen molar-refractivity contribution in [3.05, 3.63) is 23.3 Å². The van der Waals surface area contributed by atoms with Crippen LogP contribution in [0, 0.1) is 6.92 Å². The van der Waals surface area contributed by atoms with E-state index in [2.05, 4.69) is 23.8 Å². The van der Waals surface area contributed by atoms with Gasteiger partial charge in [-0.05, 0) is 18.9 Å². The normalized spacial score (nSPS) is 12.9. The van der Waals surface area contributed by atoms with E-state index in [4.69, 9.17) is 5.73 Å². The number of rotatable bonds is 3. The predicted molar refractivity (Wildman–Crippen MR) is 53.4 cm³/mol. The molecule has 3 heteroatoms. The Bertz CT molecular complexity index is 283. The van der Waals surface area contributed by atoms with Gasteiger partial charge in [0, 0.05) is 18.7 Å². The third kappa shape index (κ3) is 2.25. The van der Waals surface area contributed by atoms with Crippen LogP contribution in [0.1, 0.15) is 43.3 Å². The second-order valence-electron chi connectivity index (χ2n) is 3.37. The molecule has 0 aliphatic heterocycles. The molecule has 0 aliphatic carbocycles. The molecule has 2 N–H and O–H groups in total. The zero-order valence-electron chi connectivity index (χ0n) is 8.54. The molecule has 0 aliphatic rings. The molecular weight excluding hydrogens is 162 g/mol. The van der Waals surface area contributed by atoms with Gasteiger partial charge in [-0.1, -0.05) is 13.8 Å². The fourth-order valence-corrected chi connectivity index (χ4v) is 1.12. The summed E-state index contributed by atoms with van der Waals surface area (Å²) in [5.41, 5.74) is 7.61. The maximum absolute atomic E-state index is 5.57. The second-order valence-corrected chi connectivity index (χ2v) is 3.37. The highest BCUT2D eigenvalue weighted by Crippen LogP contribution is 2.14. The van der Waals surface area contributed by atoms with E-state index in [-0.39, 0.29) is 0 Å². The summed E-state index contributed by atoms with van der Waals surface area (Å²) in [6.45, 7) is 6.75. The standard InChI is InChI=1S/C10H17N3/c1-4-7(2)10-12-6-8(3)9(5-11)13-10/h6-7H,4-5,11H2,1-3H3. The van der Waals surface area contributed by atoms with E-state index in [1.165, 1.54) is 0 Å². The molecule has 72 valence electrons.